The first-order valence-corrected chi connectivity index (χ1v) is 6.97. The van der Waals surface area contributed by atoms with E-state index in [1.165, 1.54) is 11.3 Å². The van der Waals surface area contributed by atoms with Crippen LogP contribution in [-0.2, 0) is 6.61 Å². The minimum Gasteiger partial charge on any atom is -0.489 e. The first-order chi connectivity index (χ1) is 10.2. The van der Waals surface area contributed by atoms with E-state index in [4.69, 9.17) is 4.74 Å². The standard InChI is InChI=1S/C18H18N2O/c1-20(2)18-8-4-3-6-15(18)13-21-16-10-9-14-7-5-11-19-17(14)12-16/h3-12H,13H2,1-2H3. The Labute approximate surface area is 124 Å². The average molecular weight is 278 g/mol. The van der Waals surface area contributed by atoms with E-state index in [1.54, 1.807) is 6.20 Å². The van der Waals surface area contributed by atoms with Crippen LogP contribution in [0.15, 0.2) is 60.8 Å². The van der Waals surface area contributed by atoms with Gasteiger partial charge in [-0.25, -0.2) is 0 Å². The predicted octanol–water partition coefficient (Wildman–Crippen LogP) is 3.88. The summed E-state index contributed by atoms with van der Waals surface area (Å²) in [6.07, 6.45) is 1.80. The summed E-state index contributed by atoms with van der Waals surface area (Å²) in [5.41, 5.74) is 3.30. The van der Waals surface area contributed by atoms with E-state index in [1.807, 2.05) is 56.6 Å². The Bertz CT molecular complexity index is 753. The second kappa shape index (κ2) is 5.83. The van der Waals surface area contributed by atoms with Gasteiger partial charge in [0, 0.05) is 43.0 Å². The lowest BCUT2D eigenvalue weighted by Gasteiger charge is -2.17. The van der Waals surface area contributed by atoms with Crippen LogP contribution in [0.4, 0.5) is 5.69 Å². The molecule has 0 unspecified atom stereocenters. The van der Waals surface area contributed by atoms with E-state index in [0.29, 0.717) is 6.61 Å². The highest BCUT2D eigenvalue weighted by Crippen LogP contribution is 2.22. The van der Waals surface area contributed by atoms with Gasteiger partial charge in [0.2, 0.25) is 0 Å². The predicted molar refractivity (Wildman–Crippen MR) is 86.8 cm³/mol. The number of ether oxygens (including phenoxy) is 1. The molecule has 2 aromatic carbocycles. The molecule has 0 fully saturated rings. The third-order valence-electron chi connectivity index (χ3n) is 3.45. The second-order valence-electron chi connectivity index (χ2n) is 5.17. The molecule has 0 amide bonds. The topological polar surface area (TPSA) is 25.4 Å². The molecule has 0 atom stereocenters. The SMILES string of the molecule is CN(C)c1ccccc1COc1ccc2cccnc2c1. The number of para-hydroxylation sites is 1. The summed E-state index contributed by atoms with van der Waals surface area (Å²) in [7, 11) is 4.08. The zero-order valence-corrected chi connectivity index (χ0v) is 12.3. The van der Waals surface area contributed by atoms with Crippen molar-refractivity contribution in [2.24, 2.45) is 0 Å². The zero-order chi connectivity index (χ0) is 14.7. The van der Waals surface area contributed by atoms with Crippen LogP contribution in [-0.4, -0.2) is 19.1 Å². The molecular formula is C18H18N2O. The summed E-state index contributed by atoms with van der Waals surface area (Å²) in [6, 6.07) is 18.3. The molecule has 3 rings (SSSR count). The summed E-state index contributed by atoms with van der Waals surface area (Å²) < 4.78 is 5.92. The number of benzene rings is 2. The second-order valence-corrected chi connectivity index (χ2v) is 5.17. The van der Waals surface area contributed by atoms with Gasteiger partial charge in [-0.15, -0.1) is 0 Å². The molecule has 1 aromatic heterocycles. The van der Waals surface area contributed by atoms with Crippen molar-refractivity contribution in [3.63, 3.8) is 0 Å². The van der Waals surface area contributed by atoms with Crippen molar-refractivity contribution >= 4 is 16.6 Å². The van der Waals surface area contributed by atoms with E-state index < -0.39 is 0 Å². The number of hydrogen-bond acceptors (Lipinski definition) is 3. The molecule has 3 aromatic rings. The molecular weight excluding hydrogens is 260 g/mol. The lowest BCUT2D eigenvalue weighted by atomic mass is 10.2. The maximum atomic E-state index is 5.92. The Morgan fingerprint density at radius 1 is 1.00 bits per heavy atom. The number of aromatic nitrogens is 1. The molecule has 3 heteroatoms. The lowest BCUT2D eigenvalue weighted by Crippen LogP contribution is -2.12. The van der Waals surface area contributed by atoms with Gasteiger partial charge in [0.25, 0.3) is 0 Å². The van der Waals surface area contributed by atoms with Gasteiger partial charge < -0.3 is 9.64 Å². The van der Waals surface area contributed by atoms with Crippen molar-refractivity contribution < 1.29 is 4.74 Å². The molecule has 0 spiro atoms. The minimum atomic E-state index is 0.548. The summed E-state index contributed by atoms with van der Waals surface area (Å²) in [5, 5.41) is 1.12. The smallest absolute Gasteiger partial charge is 0.122 e. The molecule has 0 N–H and O–H groups in total. The number of anilines is 1. The third kappa shape index (κ3) is 2.97. The van der Waals surface area contributed by atoms with Crippen molar-refractivity contribution in [2.75, 3.05) is 19.0 Å². The summed E-state index contributed by atoms with van der Waals surface area (Å²) >= 11 is 0. The zero-order valence-electron chi connectivity index (χ0n) is 12.3. The van der Waals surface area contributed by atoms with Crippen LogP contribution in [0.1, 0.15) is 5.56 Å². The van der Waals surface area contributed by atoms with Crippen molar-refractivity contribution in [3.8, 4) is 5.75 Å². The van der Waals surface area contributed by atoms with Gasteiger partial charge in [-0.1, -0.05) is 24.3 Å². The fourth-order valence-corrected chi connectivity index (χ4v) is 2.37. The fourth-order valence-electron chi connectivity index (χ4n) is 2.37. The van der Waals surface area contributed by atoms with Gasteiger partial charge >= 0.3 is 0 Å². The average Bonchev–Trinajstić information content (AvgIpc) is 2.53. The molecule has 0 bridgehead atoms. The normalized spacial score (nSPS) is 10.6. The van der Waals surface area contributed by atoms with Crippen LogP contribution >= 0.6 is 0 Å². The van der Waals surface area contributed by atoms with E-state index >= 15 is 0 Å². The van der Waals surface area contributed by atoms with Crippen molar-refractivity contribution in [3.05, 3.63) is 66.4 Å². The molecule has 0 saturated carbocycles. The van der Waals surface area contributed by atoms with Gasteiger partial charge in [-0.05, 0) is 24.3 Å². The highest BCUT2D eigenvalue weighted by atomic mass is 16.5. The quantitative estimate of drug-likeness (QED) is 0.724. The van der Waals surface area contributed by atoms with Crippen LogP contribution in [0.5, 0.6) is 5.75 Å². The highest BCUT2D eigenvalue weighted by Gasteiger charge is 2.05. The van der Waals surface area contributed by atoms with Crippen molar-refractivity contribution in [2.45, 2.75) is 6.61 Å². The van der Waals surface area contributed by atoms with Crippen LogP contribution in [0, 0.1) is 0 Å². The number of fused-ring (bicyclic) bond motifs is 1. The molecule has 0 saturated heterocycles. The van der Waals surface area contributed by atoms with Gasteiger partial charge in [0.15, 0.2) is 0 Å². The Morgan fingerprint density at radius 3 is 2.71 bits per heavy atom. The number of pyridine rings is 1. The van der Waals surface area contributed by atoms with Crippen molar-refractivity contribution in [1.82, 2.24) is 4.98 Å². The Balaban J connectivity index is 1.80. The van der Waals surface area contributed by atoms with E-state index in [0.717, 1.165) is 16.7 Å². The molecule has 1 heterocycles. The Kier molecular flexibility index (Phi) is 3.73. The maximum absolute atomic E-state index is 5.92. The molecule has 21 heavy (non-hydrogen) atoms. The largest absolute Gasteiger partial charge is 0.489 e. The van der Waals surface area contributed by atoms with Crippen LogP contribution in [0.3, 0.4) is 0 Å². The number of hydrogen-bond donors (Lipinski definition) is 0. The van der Waals surface area contributed by atoms with Crippen molar-refractivity contribution in [1.29, 1.82) is 0 Å². The third-order valence-corrected chi connectivity index (χ3v) is 3.45. The summed E-state index contributed by atoms with van der Waals surface area (Å²) in [4.78, 5) is 6.45. The maximum Gasteiger partial charge on any atom is 0.122 e. The first-order valence-electron chi connectivity index (χ1n) is 6.97. The first kappa shape index (κ1) is 13.4. The molecule has 106 valence electrons. The molecule has 0 aliphatic carbocycles. The highest BCUT2D eigenvalue weighted by molar-refractivity contribution is 5.79. The van der Waals surface area contributed by atoms with Gasteiger partial charge in [0.05, 0.1) is 5.52 Å². The Hall–Kier alpha value is -2.55. The lowest BCUT2D eigenvalue weighted by molar-refractivity contribution is 0.307. The minimum absolute atomic E-state index is 0.548. The van der Waals surface area contributed by atoms with Crippen LogP contribution in [0.25, 0.3) is 10.9 Å². The molecule has 0 radical (unpaired) electrons. The number of rotatable bonds is 4. The van der Waals surface area contributed by atoms with E-state index in [-0.39, 0.29) is 0 Å². The van der Waals surface area contributed by atoms with Gasteiger partial charge in [0.1, 0.15) is 12.4 Å². The number of nitrogens with zero attached hydrogens (tertiary/aromatic N) is 2. The summed E-state index contributed by atoms with van der Waals surface area (Å²) in [6.45, 7) is 0.548. The van der Waals surface area contributed by atoms with E-state index in [9.17, 15) is 0 Å². The molecule has 0 aliphatic heterocycles. The monoisotopic (exact) mass is 278 g/mol. The van der Waals surface area contributed by atoms with Crippen LogP contribution in [0.2, 0.25) is 0 Å². The van der Waals surface area contributed by atoms with Gasteiger partial charge in [-0.2, -0.15) is 0 Å². The van der Waals surface area contributed by atoms with Gasteiger partial charge in [-0.3, -0.25) is 4.98 Å². The molecule has 3 nitrogen and oxygen atoms in total. The summed E-state index contributed by atoms with van der Waals surface area (Å²) in [5.74, 6) is 0.842. The molecule has 0 aliphatic rings. The van der Waals surface area contributed by atoms with E-state index in [2.05, 4.69) is 22.0 Å². The fraction of sp³-hybridized carbons (Fsp3) is 0.167. The van der Waals surface area contributed by atoms with Crippen LogP contribution < -0.4 is 9.64 Å². The Morgan fingerprint density at radius 2 is 1.86 bits per heavy atom.